The van der Waals surface area contributed by atoms with Crippen molar-refractivity contribution in [3.8, 4) is 0 Å². The summed E-state index contributed by atoms with van der Waals surface area (Å²) >= 11 is 0. The van der Waals surface area contributed by atoms with Crippen molar-refractivity contribution >= 4 is 35.8 Å². The van der Waals surface area contributed by atoms with Gasteiger partial charge in [0.25, 0.3) is 0 Å². The zero-order valence-corrected chi connectivity index (χ0v) is 37.3. The van der Waals surface area contributed by atoms with Crippen molar-refractivity contribution in [2.45, 2.75) is 156 Å². The molecule has 18 heteroatoms. The molecule has 0 atom stereocenters. The molecule has 0 heterocycles. The first-order chi connectivity index (χ1) is 29.2. The van der Waals surface area contributed by atoms with Gasteiger partial charge in [0.05, 0.1) is 21.7 Å². The van der Waals surface area contributed by atoms with Crippen molar-refractivity contribution < 1.29 is 83.5 Å². The Morgan fingerprint density at radius 3 is 1.10 bits per heavy atom. The van der Waals surface area contributed by atoms with Crippen LogP contribution in [0.2, 0.25) is 0 Å². The van der Waals surface area contributed by atoms with E-state index in [2.05, 4.69) is 14.2 Å². The first-order valence-corrected chi connectivity index (χ1v) is 22.4. The van der Waals surface area contributed by atoms with Crippen LogP contribution in [0.3, 0.4) is 0 Å². The lowest BCUT2D eigenvalue weighted by Crippen LogP contribution is -2.52. The molecule has 0 aromatic carbocycles. The molecule has 63 heavy (non-hydrogen) atoms. The zero-order valence-electron chi connectivity index (χ0n) is 37.3. The predicted molar refractivity (Wildman–Crippen MR) is 210 cm³/mol. The molecule has 0 amide bonds. The largest absolute Gasteiger partial charge is 0.462 e. The Kier molecular flexibility index (Phi) is 15.3. The highest BCUT2D eigenvalue weighted by Gasteiger charge is 2.60. The summed E-state index contributed by atoms with van der Waals surface area (Å²) in [5, 5.41) is 0. The molecule has 0 N–H and O–H groups in total. The fourth-order valence-electron chi connectivity index (χ4n) is 11.1. The second-order valence-electron chi connectivity index (χ2n) is 20.6. The van der Waals surface area contributed by atoms with Crippen LogP contribution in [-0.2, 0) is 57.2 Å². The van der Waals surface area contributed by atoms with Gasteiger partial charge < -0.3 is 28.4 Å². The van der Waals surface area contributed by atoms with Crippen LogP contribution in [-0.4, -0.2) is 86.8 Å². The molecule has 8 aliphatic rings. The Morgan fingerprint density at radius 1 is 0.460 bits per heavy atom. The van der Waals surface area contributed by atoms with E-state index >= 15 is 0 Å². The van der Waals surface area contributed by atoms with Gasteiger partial charge in [-0.05, 0) is 153 Å². The van der Waals surface area contributed by atoms with Crippen LogP contribution in [0.4, 0.5) is 26.3 Å². The maximum Gasteiger partial charge on any atom is 0.406 e. The first kappa shape index (κ1) is 50.4. The molecule has 0 aliphatic heterocycles. The fraction of sp³-hybridized carbons (Fsp3) is 0.867. The predicted octanol–water partition coefficient (Wildman–Crippen LogP) is 8.79. The summed E-state index contributed by atoms with van der Waals surface area (Å²) < 4.78 is 113. The molecule has 0 aromatic heterocycles. The molecule has 0 radical (unpaired) electrons. The number of hydrogen-bond acceptors (Lipinski definition) is 12. The molecular weight excluding hydrogens is 846 g/mol. The summed E-state index contributed by atoms with van der Waals surface area (Å²) in [5.41, 5.74) is -3.19. The summed E-state index contributed by atoms with van der Waals surface area (Å²) in [7, 11) is 0. The molecule has 12 nitrogen and oxygen atoms in total. The fourth-order valence-corrected chi connectivity index (χ4v) is 11.1. The van der Waals surface area contributed by atoms with E-state index in [1.54, 1.807) is 34.6 Å². The second kappa shape index (κ2) is 19.1. The van der Waals surface area contributed by atoms with Gasteiger partial charge in [0.15, 0.2) is 6.61 Å². The van der Waals surface area contributed by atoms with Gasteiger partial charge in [0.2, 0.25) is 0 Å². The van der Waals surface area contributed by atoms with Gasteiger partial charge in [-0.2, -0.15) is 26.3 Å². The van der Waals surface area contributed by atoms with Crippen molar-refractivity contribution in [2.24, 2.45) is 57.2 Å². The van der Waals surface area contributed by atoms with E-state index in [1.165, 1.54) is 0 Å². The lowest BCUT2D eigenvalue weighted by molar-refractivity contribution is -0.271. The Hall–Kier alpha value is -3.60. The number of carbonyl (C=O) groups is 6. The Morgan fingerprint density at radius 2 is 0.762 bits per heavy atom. The number of ether oxygens (including phenoxy) is 6. The molecule has 0 unspecified atom stereocenters. The summed E-state index contributed by atoms with van der Waals surface area (Å²) in [5.74, 6) is -13.1. The zero-order chi connectivity index (χ0) is 46.8. The van der Waals surface area contributed by atoms with Crippen molar-refractivity contribution in [2.75, 3.05) is 33.0 Å². The van der Waals surface area contributed by atoms with E-state index < -0.39 is 108 Å². The maximum atomic E-state index is 14.3. The quantitative estimate of drug-likeness (QED) is 0.0526. The van der Waals surface area contributed by atoms with Gasteiger partial charge in [0, 0.05) is 0 Å². The summed E-state index contributed by atoms with van der Waals surface area (Å²) in [6, 6.07) is 0. The lowest BCUT2D eigenvalue weighted by atomic mass is 9.49. The van der Waals surface area contributed by atoms with Crippen LogP contribution in [0.25, 0.3) is 0 Å². The van der Waals surface area contributed by atoms with E-state index in [0.717, 1.165) is 38.5 Å². The molecule has 8 saturated carbocycles. The normalized spacial score (nSPS) is 29.5. The van der Waals surface area contributed by atoms with E-state index in [9.17, 15) is 55.1 Å². The monoisotopic (exact) mass is 910 g/mol. The van der Waals surface area contributed by atoms with Gasteiger partial charge in [-0.15, -0.1) is 0 Å². The van der Waals surface area contributed by atoms with Crippen LogP contribution in [0.5, 0.6) is 0 Å². The van der Waals surface area contributed by atoms with Crippen LogP contribution in [0, 0.1) is 57.2 Å². The van der Waals surface area contributed by atoms with Gasteiger partial charge in [-0.3, -0.25) is 19.2 Å². The van der Waals surface area contributed by atoms with Crippen LogP contribution >= 0.6 is 0 Å². The molecular formula is C45H64F6O12. The van der Waals surface area contributed by atoms with Gasteiger partial charge in [0.1, 0.15) is 32.8 Å². The van der Waals surface area contributed by atoms with E-state index in [0.29, 0.717) is 69.1 Å². The molecule has 0 saturated heterocycles. The van der Waals surface area contributed by atoms with Crippen LogP contribution in [0.1, 0.15) is 138 Å². The number of carbonyl (C=O) groups excluding carboxylic acids is 6. The first-order valence-electron chi connectivity index (χ1n) is 22.4. The third kappa shape index (κ3) is 12.2. The van der Waals surface area contributed by atoms with Gasteiger partial charge >= 0.3 is 53.8 Å². The van der Waals surface area contributed by atoms with Gasteiger partial charge in [-0.1, -0.05) is 13.8 Å². The number of rotatable bonds is 19. The lowest BCUT2D eigenvalue weighted by Gasteiger charge is -2.55. The summed E-state index contributed by atoms with van der Waals surface area (Å²) in [6.07, 6.45) is 3.90. The highest BCUT2D eigenvalue weighted by atomic mass is 19.3. The van der Waals surface area contributed by atoms with Crippen molar-refractivity contribution in [3.05, 3.63) is 0 Å². The molecule has 358 valence electrons. The average molecular weight is 911 g/mol. The molecule has 0 spiro atoms. The molecule has 8 rings (SSSR count). The number of halogens is 6. The Balaban J connectivity index is 0.000000239. The van der Waals surface area contributed by atoms with Crippen LogP contribution in [0.15, 0.2) is 0 Å². The number of alkyl halides is 6. The van der Waals surface area contributed by atoms with Crippen LogP contribution < -0.4 is 0 Å². The molecule has 8 aliphatic carbocycles. The minimum atomic E-state index is -4.59. The highest BCUT2D eigenvalue weighted by molar-refractivity contribution is 5.81. The second-order valence-corrected chi connectivity index (χ2v) is 20.6. The minimum absolute atomic E-state index is 0.283. The van der Waals surface area contributed by atoms with Crippen molar-refractivity contribution in [1.29, 1.82) is 0 Å². The highest BCUT2D eigenvalue weighted by Crippen LogP contribution is 2.62. The smallest absolute Gasteiger partial charge is 0.406 e. The average Bonchev–Trinajstić information content (AvgIpc) is 3.18. The summed E-state index contributed by atoms with van der Waals surface area (Å²) in [6.45, 7) is 6.94. The number of esters is 6. The molecule has 8 fully saturated rings. The SMILES string of the molecule is CCC(C)(C)C(=O)OCCOC(=O)C(F)(F)CC(F)(F)OC(=O)C12CC3CC(CC(C3)C1)C2.CCC(C)(C)C(=O)OCCOC(=O)C(F)(F)COC(=O)C12CC3CC(CC(C3)C1)C2. The van der Waals surface area contributed by atoms with Crippen molar-refractivity contribution in [1.82, 2.24) is 0 Å². The standard InChI is InChI=1S/C23H32F4O6.C22H32F2O6/c1-4-20(2,3)17(28)31-5-6-32-19(30)22(24,25)13-23(26,27)33-18(29)21-10-14-7-15(11-21)9-16(8-14)12-21;1-4-20(2,3)17(25)28-5-6-29-19(27)22(23,24)13-30-18(26)21-10-14-7-15(11-21)9-16(8-14)12-21/h14-16H,4-13H2,1-3H3;14-16H,4-13H2,1-3H3. The minimum Gasteiger partial charge on any atom is -0.462 e. The summed E-state index contributed by atoms with van der Waals surface area (Å²) in [4.78, 5) is 72.3. The van der Waals surface area contributed by atoms with Crippen molar-refractivity contribution in [3.63, 3.8) is 0 Å². The third-order valence-electron chi connectivity index (χ3n) is 14.6. The maximum absolute atomic E-state index is 14.3. The molecule has 0 aromatic rings. The number of hydrogen-bond donors (Lipinski definition) is 0. The Labute approximate surface area is 364 Å². The van der Waals surface area contributed by atoms with Gasteiger partial charge in [-0.25, -0.2) is 9.59 Å². The third-order valence-corrected chi connectivity index (χ3v) is 14.6. The van der Waals surface area contributed by atoms with E-state index in [-0.39, 0.29) is 24.4 Å². The van der Waals surface area contributed by atoms with E-state index in [1.807, 2.05) is 6.92 Å². The Bertz CT molecular complexity index is 1640. The topological polar surface area (TPSA) is 158 Å². The van der Waals surface area contributed by atoms with E-state index in [4.69, 9.17) is 14.2 Å². The molecule has 8 bridgehead atoms.